The molecule has 0 saturated carbocycles. The van der Waals surface area contributed by atoms with Gasteiger partial charge in [-0.05, 0) is 60.9 Å². The van der Waals surface area contributed by atoms with Gasteiger partial charge in [0.1, 0.15) is 17.2 Å². The summed E-state index contributed by atoms with van der Waals surface area (Å²) in [5, 5.41) is 0. The van der Waals surface area contributed by atoms with Crippen molar-refractivity contribution in [2.75, 3.05) is 20.2 Å². The van der Waals surface area contributed by atoms with Crippen LogP contribution in [0.15, 0.2) is 48.5 Å². The van der Waals surface area contributed by atoms with Gasteiger partial charge in [-0.25, -0.2) is 9.18 Å². The van der Waals surface area contributed by atoms with Gasteiger partial charge in [-0.15, -0.1) is 0 Å². The molecule has 2 heterocycles. The quantitative estimate of drug-likeness (QED) is 0.539. The number of methoxy groups -OCH3 is 1. The summed E-state index contributed by atoms with van der Waals surface area (Å²) in [6.45, 7) is 2.50. The molecule has 31 heavy (non-hydrogen) atoms. The van der Waals surface area contributed by atoms with Crippen LogP contribution in [0.4, 0.5) is 4.39 Å². The van der Waals surface area contributed by atoms with Crippen LogP contribution < -0.4 is 4.74 Å². The van der Waals surface area contributed by atoms with E-state index < -0.39 is 11.6 Å². The second-order valence-corrected chi connectivity index (χ2v) is 8.25. The Hall–Kier alpha value is -2.99. The summed E-state index contributed by atoms with van der Waals surface area (Å²) in [5.74, 6) is 0.0122. The zero-order valence-corrected chi connectivity index (χ0v) is 17.6. The second-order valence-electron chi connectivity index (χ2n) is 8.25. The number of hydrogen-bond donors (Lipinski definition) is 0. The molecule has 0 bridgehead atoms. The average Bonchev–Trinajstić information content (AvgIpc) is 2.96. The van der Waals surface area contributed by atoms with Gasteiger partial charge in [0, 0.05) is 25.6 Å². The van der Waals surface area contributed by atoms with Crippen LogP contribution in [0.2, 0.25) is 0 Å². The summed E-state index contributed by atoms with van der Waals surface area (Å²) in [4.78, 5) is 26.6. The van der Waals surface area contributed by atoms with Crippen molar-refractivity contribution in [1.29, 1.82) is 0 Å². The number of ether oxygens (including phenoxy) is 2. The Bertz CT molecular complexity index is 1000. The van der Waals surface area contributed by atoms with Gasteiger partial charge in [-0.1, -0.05) is 18.2 Å². The molecule has 0 aromatic heterocycles. The van der Waals surface area contributed by atoms with Crippen LogP contribution >= 0.6 is 0 Å². The number of hydrogen-bond acceptors (Lipinski definition) is 5. The molecule has 2 aromatic rings. The molecule has 0 amide bonds. The highest BCUT2D eigenvalue weighted by molar-refractivity contribution is 6.01. The first kappa shape index (κ1) is 21.2. The number of rotatable bonds is 4. The van der Waals surface area contributed by atoms with E-state index in [2.05, 4.69) is 9.64 Å². The molecule has 1 fully saturated rings. The molecule has 0 radical (unpaired) electrons. The van der Waals surface area contributed by atoms with Gasteiger partial charge < -0.3 is 9.47 Å². The van der Waals surface area contributed by atoms with E-state index in [0.717, 1.165) is 50.0 Å². The van der Waals surface area contributed by atoms with Gasteiger partial charge in [0.2, 0.25) is 0 Å². The Morgan fingerprint density at radius 3 is 2.77 bits per heavy atom. The Labute approximate surface area is 181 Å². The lowest BCUT2D eigenvalue weighted by atomic mass is 9.84. The standard InChI is InChI=1S/C25H26FNO4/c1-30-24(29)10-6-18-5-9-23-21(15-18)22(28)16-25(31-23)11-2-13-27(14-12-25)17-19-3-7-20(26)8-4-19/h3-10,15H,2,11-14,16-17H2,1H3. The number of fused-ring (bicyclic) bond motifs is 1. The van der Waals surface area contributed by atoms with Crippen molar-refractivity contribution in [3.8, 4) is 5.75 Å². The summed E-state index contributed by atoms with van der Waals surface area (Å²) >= 11 is 0. The van der Waals surface area contributed by atoms with Gasteiger partial charge in [-0.3, -0.25) is 9.69 Å². The molecule has 1 atom stereocenters. The molecule has 0 N–H and O–H groups in total. The van der Waals surface area contributed by atoms with E-state index in [9.17, 15) is 14.0 Å². The summed E-state index contributed by atoms with van der Waals surface area (Å²) in [6, 6.07) is 12.0. The van der Waals surface area contributed by atoms with Crippen LogP contribution in [0.25, 0.3) is 6.08 Å². The van der Waals surface area contributed by atoms with Crippen LogP contribution in [-0.4, -0.2) is 42.5 Å². The van der Waals surface area contributed by atoms with Crippen LogP contribution in [0, 0.1) is 5.82 Å². The van der Waals surface area contributed by atoms with Crippen LogP contribution in [0.1, 0.15) is 47.2 Å². The fraction of sp³-hybridized carbons (Fsp3) is 0.360. The molecule has 1 unspecified atom stereocenters. The SMILES string of the molecule is COC(=O)C=Cc1ccc2c(c1)C(=O)CC1(CCCN(Cc3ccc(F)cc3)CC1)O2. The lowest BCUT2D eigenvalue weighted by Gasteiger charge is -2.37. The maximum atomic E-state index is 13.2. The highest BCUT2D eigenvalue weighted by atomic mass is 19.1. The van der Waals surface area contributed by atoms with Crippen LogP contribution in [-0.2, 0) is 16.1 Å². The van der Waals surface area contributed by atoms with Crippen LogP contribution in [0.3, 0.4) is 0 Å². The van der Waals surface area contributed by atoms with Crippen molar-refractivity contribution in [2.45, 2.75) is 37.8 Å². The van der Waals surface area contributed by atoms with Gasteiger partial charge in [0.15, 0.2) is 5.78 Å². The summed E-state index contributed by atoms with van der Waals surface area (Å²) in [7, 11) is 1.32. The molecule has 2 aliphatic rings. The number of halogens is 1. The van der Waals surface area contributed by atoms with E-state index in [1.807, 2.05) is 24.3 Å². The first-order chi connectivity index (χ1) is 15.0. The van der Waals surface area contributed by atoms with Crippen molar-refractivity contribution in [1.82, 2.24) is 4.90 Å². The summed E-state index contributed by atoms with van der Waals surface area (Å²) in [5.41, 5.74) is 1.91. The van der Waals surface area contributed by atoms with E-state index >= 15 is 0 Å². The Kier molecular flexibility index (Phi) is 6.18. The molecule has 2 aromatic carbocycles. The van der Waals surface area contributed by atoms with E-state index in [1.54, 1.807) is 12.1 Å². The maximum Gasteiger partial charge on any atom is 0.330 e. The number of Topliss-reactive ketones (excluding diaryl/α,β-unsaturated/α-hetero) is 1. The third kappa shape index (κ3) is 5.02. The van der Waals surface area contributed by atoms with Crippen molar-refractivity contribution >= 4 is 17.8 Å². The van der Waals surface area contributed by atoms with Crippen molar-refractivity contribution in [2.24, 2.45) is 0 Å². The number of ketones is 1. The molecule has 1 saturated heterocycles. The molecule has 2 aliphatic heterocycles. The van der Waals surface area contributed by atoms with Crippen molar-refractivity contribution < 1.29 is 23.5 Å². The minimum atomic E-state index is -0.481. The lowest BCUT2D eigenvalue weighted by molar-refractivity contribution is -0.134. The van der Waals surface area contributed by atoms with E-state index in [0.29, 0.717) is 17.7 Å². The first-order valence-corrected chi connectivity index (χ1v) is 10.6. The van der Waals surface area contributed by atoms with Crippen LogP contribution in [0.5, 0.6) is 5.75 Å². The minimum absolute atomic E-state index is 0.0709. The predicted molar refractivity (Wildman–Crippen MR) is 115 cm³/mol. The van der Waals surface area contributed by atoms with Crippen molar-refractivity contribution in [3.63, 3.8) is 0 Å². The van der Waals surface area contributed by atoms with Gasteiger partial charge in [0.25, 0.3) is 0 Å². The number of benzene rings is 2. The normalized spacial score (nSPS) is 21.5. The van der Waals surface area contributed by atoms with E-state index in [4.69, 9.17) is 4.74 Å². The molecule has 1 spiro atoms. The topological polar surface area (TPSA) is 55.8 Å². The molecule has 0 aliphatic carbocycles. The summed E-state index contributed by atoms with van der Waals surface area (Å²) in [6.07, 6.45) is 5.84. The third-order valence-corrected chi connectivity index (χ3v) is 6.04. The second kappa shape index (κ2) is 9.02. The molecule has 5 nitrogen and oxygen atoms in total. The third-order valence-electron chi connectivity index (χ3n) is 6.04. The highest BCUT2D eigenvalue weighted by Gasteiger charge is 2.41. The monoisotopic (exact) mass is 423 g/mol. The average molecular weight is 423 g/mol. The summed E-state index contributed by atoms with van der Waals surface area (Å²) < 4.78 is 24.2. The zero-order valence-electron chi connectivity index (χ0n) is 17.6. The molecular formula is C25H26FNO4. The van der Waals surface area contributed by atoms with Crippen molar-refractivity contribution in [3.05, 3.63) is 71.0 Å². The molecular weight excluding hydrogens is 397 g/mol. The first-order valence-electron chi connectivity index (χ1n) is 10.6. The number of nitrogens with zero attached hydrogens (tertiary/aromatic N) is 1. The Balaban J connectivity index is 1.45. The van der Waals surface area contributed by atoms with E-state index in [1.165, 1.54) is 25.3 Å². The Morgan fingerprint density at radius 1 is 1.19 bits per heavy atom. The van der Waals surface area contributed by atoms with Gasteiger partial charge >= 0.3 is 5.97 Å². The Morgan fingerprint density at radius 2 is 2.00 bits per heavy atom. The van der Waals surface area contributed by atoms with Gasteiger partial charge in [0.05, 0.1) is 19.1 Å². The molecule has 6 heteroatoms. The number of likely N-dealkylation sites (tertiary alicyclic amines) is 1. The fourth-order valence-corrected chi connectivity index (χ4v) is 4.36. The predicted octanol–water partition coefficient (Wildman–Crippen LogP) is 4.40. The number of carbonyl (C=O) groups excluding carboxylic acids is 2. The van der Waals surface area contributed by atoms with E-state index in [-0.39, 0.29) is 11.6 Å². The maximum absolute atomic E-state index is 13.2. The minimum Gasteiger partial charge on any atom is -0.486 e. The number of carbonyl (C=O) groups is 2. The number of esters is 1. The molecule has 162 valence electrons. The largest absolute Gasteiger partial charge is 0.486 e. The smallest absolute Gasteiger partial charge is 0.330 e. The highest BCUT2D eigenvalue weighted by Crippen LogP contribution is 2.40. The lowest BCUT2D eigenvalue weighted by Crippen LogP contribution is -2.42. The molecule has 4 rings (SSSR count). The van der Waals surface area contributed by atoms with Gasteiger partial charge in [-0.2, -0.15) is 0 Å². The fourth-order valence-electron chi connectivity index (χ4n) is 4.36. The zero-order chi connectivity index (χ0) is 21.8.